The van der Waals surface area contributed by atoms with Crippen LogP contribution in [0.1, 0.15) is 31.2 Å². The molecule has 1 saturated heterocycles. The summed E-state index contributed by atoms with van der Waals surface area (Å²) in [7, 11) is 1.57. The second kappa shape index (κ2) is 11.4. The Labute approximate surface area is 208 Å². The smallest absolute Gasteiger partial charge is 0.182 e. The average molecular weight is 506 g/mol. The zero-order valence-electron chi connectivity index (χ0n) is 20.3. The monoisotopic (exact) mass is 505 g/mol. The van der Waals surface area contributed by atoms with Gasteiger partial charge in [-0.3, -0.25) is 4.98 Å². The number of aliphatic hydroxyl groups excluding tert-OH is 1. The lowest BCUT2D eigenvalue weighted by molar-refractivity contribution is 0.0370. The molecule has 1 aliphatic heterocycles. The van der Waals surface area contributed by atoms with Crippen LogP contribution in [-0.2, 0) is 6.42 Å². The molecule has 5 nitrogen and oxygen atoms in total. The zero-order chi connectivity index (χ0) is 25.7. The first-order valence-corrected chi connectivity index (χ1v) is 12.2. The summed E-state index contributed by atoms with van der Waals surface area (Å²) >= 11 is 0. The molecule has 0 bridgehead atoms. The molecule has 0 saturated carbocycles. The molecule has 3 aromatic rings. The van der Waals surface area contributed by atoms with E-state index in [1.807, 2.05) is 6.07 Å². The molecule has 194 valence electrons. The van der Waals surface area contributed by atoms with Crippen molar-refractivity contribution in [1.82, 2.24) is 9.88 Å². The minimum Gasteiger partial charge on any atom is -0.497 e. The van der Waals surface area contributed by atoms with Gasteiger partial charge in [-0.1, -0.05) is 0 Å². The number of anilines is 1. The molecule has 2 aromatic carbocycles. The summed E-state index contributed by atoms with van der Waals surface area (Å²) in [6, 6.07) is 6.88. The number of fused-ring (bicyclic) bond motifs is 1. The molecule has 0 aliphatic carbocycles. The number of piperidine rings is 1. The Kier molecular flexibility index (Phi) is 8.31. The fourth-order valence-corrected chi connectivity index (χ4v) is 4.99. The quantitative estimate of drug-likeness (QED) is 0.289. The lowest BCUT2D eigenvalue weighted by atomic mass is 9.75. The maximum atomic E-state index is 14.6. The van der Waals surface area contributed by atoms with Gasteiger partial charge in [0, 0.05) is 37.2 Å². The van der Waals surface area contributed by atoms with E-state index in [1.165, 1.54) is 6.20 Å². The van der Waals surface area contributed by atoms with Crippen molar-refractivity contribution in [1.29, 1.82) is 0 Å². The van der Waals surface area contributed by atoms with E-state index in [1.54, 1.807) is 19.2 Å². The van der Waals surface area contributed by atoms with Crippen molar-refractivity contribution >= 4 is 16.6 Å². The van der Waals surface area contributed by atoms with Crippen molar-refractivity contribution in [3.05, 3.63) is 65.4 Å². The third-order valence-corrected chi connectivity index (χ3v) is 7.26. The molecule has 2 heterocycles. The van der Waals surface area contributed by atoms with E-state index in [-0.39, 0.29) is 23.5 Å². The number of aliphatic hydroxyl groups is 1. The minimum atomic E-state index is -1.22. The number of hydrogen-bond donors (Lipinski definition) is 2. The number of benzene rings is 2. The Morgan fingerprint density at radius 2 is 1.86 bits per heavy atom. The SMILES string of the molecule is COc1ccc2ncc(F)c(CCCC3(CO)CCN(CCNc4cc(F)cc(F)c4F)CC3)c2c1. The van der Waals surface area contributed by atoms with Gasteiger partial charge in [-0.25, -0.2) is 17.6 Å². The van der Waals surface area contributed by atoms with Gasteiger partial charge in [0.1, 0.15) is 17.4 Å². The summed E-state index contributed by atoms with van der Waals surface area (Å²) in [4.78, 5) is 6.35. The van der Waals surface area contributed by atoms with Crippen LogP contribution in [-0.4, -0.2) is 54.9 Å². The van der Waals surface area contributed by atoms with Crippen LogP contribution in [0.2, 0.25) is 0 Å². The largest absolute Gasteiger partial charge is 0.497 e. The van der Waals surface area contributed by atoms with Crippen LogP contribution in [0.5, 0.6) is 5.75 Å². The van der Waals surface area contributed by atoms with Gasteiger partial charge in [-0.2, -0.15) is 0 Å². The molecule has 36 heavy (non-hydrogen) atoms. The lowest BCUT2D eigenvalue weighted by Gasteiger charge is -2.41. The number of pyridine rings is 1. The highest BCUT2D eigenvalue weighted by Crippen LogP contribution is 2.37. The molecular formula is C27H31F4N3O2. The van der Waals surface area contributed by atoms with Crippen LogP contribution in [0.25, 0.3) is 10.9 Å². The second-order valence-electron chi connectivity index (χ2n) is 9.50. The Morgan fingerprint density at radius 3 is 2.58 bits per heavy atom. The van der Waals surface area contributed by atoms with E-state index in [0.29, 0.717) is 42.4 Å². The van der Waals surface area contributed by atoms with Crippen LogP contribution < -0.4 is 10.1 Å². The first kappa shape index (κ1) is 26.2. The fraction of sp³-hybridized carbons (Fsp3) is 0.444. The summed E-state index contributed by atoms with van der Waals surface area (Å²) in [5.74, 6) is -2.84. The van der Waals surface area contributed by atoms with Crippen molar-refractivity contribution in [2.75, 3.05) is 45.2 Å². The molecule has 2 N–H and O–H groups in total. The average Bonchev–Trinajstić information content (AvgIpc) is 2.88. The number of rotatable bonds is 10. The highest BCUT2D eigenvalue weighted by Gasteiger charge is 2.33. The number of nitrogens with zero attached hydrogens (tertiary/aromatic N) is 2. The van der Waals surface area contributed by atoms with Crippen LogP contribution in [0.4, 0.5) is 23.2 Å². The number of aromatic nitrogens is 1. The number of nitrogens with one attached hydrogen (secondary N) is 1. The van der Waals surface area contributed by atoms with E-state index >= 15 is 0 Å². The van der Waals surface area contributed by atoms with Gasteiger partial charge in [0.05, 0.1) is 24.5 Å². The van der Waals surface area contributed by atoms with Crippen LogP contribution >= 0.6 is 0 Å². The number of aryl methyl sites for hydroxylation is 1. The van der Waals surface area contributed by atoms with E-state index in [9.17, 15) is 22.7 Å². The molecule has 9 heteroatoms. The maximum absolute atomic E-state index is 14.6. The normalized spacial score (nSPS) is 15.8. The number of methoxy groups -OCH3 is 1. The number of likely N-dealkylation sites (tertiary alicyclic amines) is 1. The van der Waals surface area contributed by atoms with E-state index < -0.39 is 17.5 Å². The Hall–Kier alpha value is -2.91. The predicted octanol–water partition coefficient (Wildman–Crippen LogP) is 5.31. The number of ether oxygens (including phenoxy) is 1. The molecule has 0 atom stereocenters. The third kappa shape index (κ3) is 5.90. The van der Waals surface area contributed by atoms with Crippen molar-refractivity contribution in [2.45, 2.75) is 32.1 Å². The van der Waals surface area contributed by atoms with Crippen LogP contribution in [0, 0.1) is 28.7 Å². The van der Waals surface area contributed by atoms with Gasteiger partial charge in [0.15, 0.2) is 11.6 Å². The van der Waals surface area contributed by atoms with Crippen molar-refractivity contribution in [3.63, 3.8) is 0 Å². The predicted molar refractivity (Wildman–Crippen MR) is 131 cm³/mol. The summed E-state index contributed by atoms with van der Waals surface area (Å²) < 4.78 is 60.4. The van der Waals surface area contributed by atoms with Crippen molar-refractivity contribution < 1.29 is 27.4 Å². The van der Waals surface area contributed by atoms with Gasteiger partial charge >= 0.3 is 0 Å². The van der Waals surface area contributed by atoms with Gasteiger partial charge < -0.3 is 20.1 Å². The van der Waals surface area contributed by atoms with E-state index in [4.69, 9.17) is 4.74 Å². The summed E-state index contributed by atoms with van der Waals surface area (Å²) in [6.07, 6.45) is 4.82. The van der Waals surface area contributed by atoms with Gasteiger partial charge in [0.2, 0.25) is 0 Å². The Morgan fingerprint density at radius 1 is 1.08 bits per heavy atom. The number of hydrogen-bond acceptors (Lipinski definition) is 5. The Balaban J connectivity index is 1.30. The van der Waals surface area contributed by atoms with Crippen LogP contribution in [0.15, 0.2) is 36.5 Å². The molecule has 0 radical (unpaired) electrons. The van der Waals surface area contributed by atoms with Crippen LogP contribution in [0.3, 0.4) is 0 Å². The first-order valence-electron chi connectivity index (χ1n) is 12.2. The van der Waals surface area contributed by atoms with Gasteiger partial charge in [-0.05, 0) is 74.4 Å². The zero-order valence-corrected chi connectivity index (χ0v) is 20.3. The highest BCUT2D eigenvalue weighted by atomic mass is 19.2. The molecule has 0 unspecified atom stereocenters. The maximum Gasteiger partial charge on any atom is 0.182 e. The topological polar surface area (TPSA) is 57.6 Å². The Bertz CT molecular complexity index is 1200. The minimum absolute atomic E-state index is 0.0558. The number of halogens is 4. The molecule has 1 aliphatic rings. The molecule has 0 amide bonds. The van der Waals surface area contributed by atoms with E-state index in [0.717, 1.165) is 50.2 Å². The standard InChI is InChI=1S/C27H31F4N3O2/c1-36-19-4-5-24-21(15-19)20(23(30)16-33-24)3-2-6-27(17-35)7-10-34(11-8-27)12-9-32-25-14-18(28)13-22(29)26(25)31/h4-5,13-16,32,35H,2-3,6-12,17H2,1H3. The summed E-state index contributed by atoms with van der Waals surface area (Å²) in [5.41, 5.74) is 0.893. The third-order valence-electron chi connectivity index (χ3n) is 7.26. The molecular weight excluding hydrogens is 474 g/mol. The molecule has 4 rings (SSSR count). The van der Waals surface area contributed by atoms with Gasteiger partial charge in [0.25, 0.3) is 0 Å². The van der Waals surface area contributed by atoms with Gasteiger partial charge in [-0.15, -0.1) is 0 Å². The molecule has 1 aromatic heterocycles. The highest BCUT2D eigenvalue weighted by molar-refractivity contribution is 5.83. The van der Waals surface area contributed by atoms with E-state index in [2.05, 4.69) is 15.2 Å². The summed E-state index contributed by atoms with van der Waals surface area (Å²) in [6.45, 7) is 2.46. The molecule has 0 spiro atoms. The lowest BCUT2D eigenvalue weighted by Crippen LogP contribution is -2.43. The van der Waals surface area contributed by atoms with Crippen molar-refractivity contribution in [3.8, 4) is 5.75 Å². The van der Waals surface area contributed by atoms with Crippen molar-refractivity contribution in [2.24, 2.45) is 5.41 Å². The fourth-order valence-electron chi connectivity index (χ4n) is 4.99. The molecule has 1 fully saturated rings. The second-order valence-corrected chi connectivity index (χ2v) is 9.50. The first-order chi connectivity index (χ1) is 17.3. The summed E-state index contributed by atoms with van der Waals surface area (Å²) in [5, 5.41) is 13.7.